The van der Waals surface area contributed by atoms with Crippen LogP contribution in [0.1, 0.15) is 26.7 Å². The predicted octanol–water partition coefficient (Wildman–Crippen LogP) is 0.574. The zero-order valence-corrected chi connectivity index (χ0v) is 10.7. The highest BCUT2D eigenvalue weighted by Gasteiger charge is 2.40. The first-order chi connectivity index (χ1) is 8.40. The van der Waals surface area contributed by atoms with Crippen LogP contribution in [0.15, 0.2) is 0 Å². The lowest BCUT2D eigenvalue weighted by atomic mass is 9.99. The van der Waals surface area contributed by atoms with E-state index in [1.165, 1.54) is 0 Å². The van der Waals surface area contributed by atoms with Crippen molar-refractivity contribution in [1.29, 1.82) is 0 Å². The summed E-state index contributed by atoms with van der Waals surface area (Å²) >= 11 is 0. The molecule has 18 heavy (non-hydrogen) atoms. The van der Waals surface area contributed by atoms with Crippen molar-refractivity contribution < 1.29 is 19.4 Å². The fourth-order valence-electron chi connectivity index (χ4n) is 2.34. The van der Waals surface area contributed by atoms with Crippen molar-refractivity contribution in [3.05, 3.63) is 0 Å². The van der Waals surface area contributed by atoms with Crippen LogP contribution in [-0.2, 0) is 9.53 Å². The number of aliphatic carboxylic acids is 1. The molecule has 2 fully saturated rings. The van der Waals surface area contributed by atoms with Gasteiger partial charge in [-0.25, -0.2) is 4.79 Å². The molecule has 1 saturated heterocycles. The monoisotopic (exact) mass is 256 g/mol. The van der Waals surface area contributed by atoms with Crippen molar-refractivity contribution in [3.8, 4) is 0 Å². The molecule has 1 heterocycles. The van der Waals surface area contributed by atoms with Crippen LogP contribution in [-0.4, -0.2) is 41.9 Å². The quantitative estimate of drug-likeness (QED) is 0.686. The molecule has 3 N–H and O–H groups in total. The van der Waals surface area contributed by atoms with Crippen LogP contribution in [0.25, 0.3) is 0 Å². The molecule has 0 spiro atoms. The zero-order chi connectivity index (χ0) is 13.3. The van der Waals surface area contributed by atoms with E-state index < -0.39 is 17.9 Å². The van der Waals surface area contributed by atoms with Gasteiger partial charge in [0.15, 0.2) is 0 Å². The first kappa shape index (κ1) is 13.1. The summed E-state index contributed by atoms with van der Waals surface area (Å²) in [7, 11) is 0. The number of amides is 2. The Morgan fingerprint density at radius 3 is 2.50 bits per heavy atom. The average Bonchev–Trinajstić information content (AvgIpc) is 3.00. The van der Waals surface area contributed by atoms with Gasteiger partial charge in [-0.15, -0.1) is 0 Å². The predicted molar refractivity (Wildman–Crippen MR) is 64.2 cm³/mol. The maximum absolute atomic E-state index is 11.8. The molecule has 102 valence electrons. The fraction of sp³-hybridized carbons (Fsp3) is 0.833. The summed E-state index contributed by atoms with van der Waals surface area (Å²) in [5.74, 6) is -1.06. The van der Waals surface area contributed by atoms with E-state index in [0.29, 0.717) is 5.92 Å². The largest absolute Gasteiger partial charge is 0.481 e. The Labute approximate surface area is 106 Å². The summed E-state index contributed by atoms with van der Waals surface area (Å²) in [6, 6.07) is -0.758. The first-order valence-electron chi connectivity index (χ1n) is 6.29. The van der Waals surface area contributed by atoms with Crippen molar-refractivity contribution in [3.63, 3.8) is 0 Å². The maximum Gasteiger partial charge on any atom is 0.315 e. The molecule has 1 saturated carbocycles. The van der Waals surface area contributed by atoms with Crippen LogP contribution in [0.5, 0.6) is 0 Å². The van der Waals surface area contributed by atoms with Gasteiger partial charge in [0.25, 0.3) is 0 Å². The highest BCUT2D eigenvalue weighted by Crippen LogP contribution is 2.39. The smallest absolute Gasteiger partial charge is 0.315 e. The Balaban J connectivity index is 1.85. The molecule has 2 rings (SSSR count). The number of carbonyl (C=O) groups is 2. The van der Waals surface area contributed by atoms with E-state index in [0.717, 1.165) is 12.8 Å². The topological polar surface area (TPSA) is 87.7 Å². The molecule has 2 unspecified atom stereocenters. The number of rotatable bonds is 4. The van der Waals surface area contributed by atoms with Crippen LogP contribution in [0.4, 0.5) is 4.79 Å². The van der Waals surface area contributed by atoms with Crippen LogP contribution in [0.3, 0.4) is 0 Å². The molecule has 6 heteroatoms. The second kappa shape index (κ2) is 4.76. The van der Waals surface area contributed by atoms with Gasteiger partial charge >= 0.3 is 12.0 Å². The minimum absolute atomic E-state index is 0.159. The minimum Gasteiger partial charge on any atom is -0.481 e. The standard InChI is InChI=1S/C12H20N2O4/c1-12(2,7-3-4-7)14-11(17)13-9-6-18-5-8(9)10(15)16/h7-9H,3-6H2,1-2H3,(H,15,16)(H2,13,14,17). The van der Waals surface area contributed by atoms with Crippen molar-refractivity contribution in [2.75, 3.05) is 13.2 Å². The molecule has 1 aliphatic carbocycles. The highest BCUT2D eigenvalue weighted by molar-refractivity contribution is 5.77. The lowest BCUT2D eigenvalue weighted by molar-refractivity contribution is -0.142. The molecule has 0 radical (unpaired) electrons. The summed E-state index contributed by atoms with van der Waals surface area (Å²) in [6.45, 7) is 4.40. The van der Waals surface area contributed by atoms with Crippen LogP contribution in [0, 0.1) is 11.8 Å². The van der Waals surface area contributed by atoms with Crippen LogP contribution >= 0.6 is 0 Å². The van der Waals surface area contributed by atoms with Crippen molar-refractivity contribution in [2.24, 2.45) is 11.8 Å². The molecule has 6 nitrogen and oxygen atoms in total. The van der Waals surface area contributed by atoms with Gasteiger partial charge in [0.1, 0.15) is 5.92 Å². The Morgan fingerprint density at radius 1 is 1.28 bits per heavy atom. The number of carbonyl (C=O) groups excluding carboxylic acids is 1. The van der Waals surface area contributed by atoms with Gasteiger partial charge in [0, 0.05) is 5.54 Å². The van der Waals surface area contributed by atoms with Gasteiger partial charge in [-0.3, -0.25) is 4.79 Å². The van der Waals surface area contributed by atoms with E-state index >= 15 is 0 Å². The van der Waals surface area contributed by atoms with Gasteiger partial charge < -0.3 is 20.5 Å². The van der Waals surface area contributed by atoms with Crippen LogP contribution in [0.2, 0.25) is 0 Å². The van der Waals surface area contributed by atoms with E-state index in [-0.39, 0.29) is 24.8 Å². The molecular weight excluding hydrogens is 236 g/mol. The Kier molecular flexibility index (Phi) is 3.47. The second-order valence-electron chi connectivity index (χ2n) is 5.68. The lowest BCUT2D eigenvalue weighted by Gasteiger charge is -2.27. The molecule has 0 bridgehead atoms. The number of carboxylic acid groups (broad SMARTS) is 1. The third-order valence-electron chi connectivity index (χ3n) is 3.75. The van der Waals surface area contributed by atoms with Gasteiger partial charge in [-0.05, 0) is 32.6 Å². The fourth-order valence-corrected chi connectivity index (χ4v) is 2.34. The number of ether oxygens (including phenoxy) is 1. The average molecular weight is 256 g/mol. The molecule has 0 aromatic carbocycles. The van der Waals surface area contributed by atoms with E-state index in [1.54, 1.807) is 0 Å². The van der Waals surface area contributed by atoms with Crippen molar-refractivity contribution in [2.45, 2.75) is 38.3 Å². The van der Waals surface area contributed by atoms with E-state index in [4.69, 9.17) is 9.84 Å². The van der Waals surface area contributed by atoms with E-state index in [2.05, 4.69) is 10.6 Å². The summed E-state index contributed by atoms with van der Waals surface area (Å²) in [6.07, 6.45) is 2.27. The van der Waals surface area contributed by atoms with E-state index in [9.17, 15) is 9.59 Å². The number of urea groups is 1. The first-order valence-corrected chi connectivity index (χ1v) is 6.29. The third kappa shape index (κ3) is 2.93. The molecule has 0 aromatic rings. The summed E-state index contributed by atoms with van der Waals surface area (Å²) in [5.41, 5.74) is -0.234. The van der Waals surface area contributed by atoms with Gasteiger partial charge in [-0.2, -0.15) is 0 Å². The van der Waals surface area contributed by atoms with Crippen molar-refractivity contribution in [1.82, 2.24) is 10.6 Å². The SMILES string of the molecule is CC(C)(NC(=O)NC1COCC1C(=O)O)C1CC1. The Hall–Kier alpha value is -1.30. The number of carboxylic acids is 1. The zero-order valence-electron chi connectivity index (χ0n) is 10.7. The molecule has 2 aliphatic rings. The minimum atomic E-state index is -0.931. The lowest BCUT2D eigenvalue weighted by Crippen LogP contribution is -2.54. The Bertz CT molecular complexity index is 352. The number of hydrogen-bond donors (Lipinski definition) is 3. The molecule has 2 atom stereocenters. The number of nitrogens with one attached hydrogen (secondary N) is 2. The maximum atomic E-state index is 11.8. The normalized spacial score (nSPS) is 27.9. The summed E-state index contributed by atoms with van der Waals surface area (Å²) in [4.78, 5) is 22.8. The van der Waals surface area contributed by atoms with Gasteiger partial charge in [-0.1, -0.05) is 0 Å². The van der Waals surface area contributed by atoms with Crippen LogP contribution < -0.4 is 10.6 Å². The second-order valence-corrected chi connectivity index (χ2v) is 5.68. The molecular formula is C12H20N2O4. The molecule has 0 aromatic heterocycles. The summed E-state index contributed by atoms with van der Waals surface area (Å²) in [5, 5.41) is 14.6. The Morgan fingerprint density at radius 2 is 1.94 bits per heavy atom. The molecule has 1 aliphatic heterocycles. The summed E-state index contributed by atoms with van der Waals surface area (Å²) < 4.78 is 5.10. The van der Waals surface area contributed by atoms with Gasteiger partial charge in [0.2, 0.25) is 0 Å². The highest BCUT2D eigenvalue weighted by atomic mass is 16.5. The van der Waals surface area contributed by atoms with E-state index in [1.807, 2.05) is 13.8 Å². The van der Waals surface area contributed by atoms with Gasteiger partial charge in [0.05, 0.1) is 19.3 Å². The third-order valence-corrected chi connectivity index (χ3v) is 3.75. The molecule has 2 amide bonds. The number of hydrogen-bond acceptors (Lipinski definition) is 3. The van der Waals surface area contributed by atoms with Crippen molar-refractivity contribution >= 4 is 12.0 Å².